The van der Waals surface area contributed by atoms with E-state index in [1.165, 1.54) is 7.11 Å². The number of hydrogen-bond acceptors (Lipinski definition) is 3. The van der Waals surface area contributed by atoms with Gasteiger partial charge in [-0.25, -0.2) is 4.79 Å². The third-order valence-corrected chi connectivity index (χ3v) is 2.01. The molecule has 0 aliphatic heterocycles. The van der Waals surface area contributed by atoms with Crippen LogP contribution in [0.2, 0.25) is 0 Å². The number of aldehydes is 1. The maximum Gasteiger partial charge on any atom is 0.407 e. The zero-order valence-electron chi connectivity index (χ0n) is 6.42. The first-order valence-electron chi connectivity index (χ1n) is 3.55. The van der Waals surface area contributed by atoms with Crippen molar-refractivity contribution in [3.05, 3.63) is 0 Å². The summed E-state index contributed by atoms with van der Waals surface area (Å²) in [5, 5.41) is 2.50. The van der Waals surface area contributed by atoms with Crippen LogP contribution in [0.25, 0.3) is 0 Å². The molecule has 0 spiro atoms. The topological polar surface area (TPSA) is 55.4 Å². The van der Waals surface area contributed by atoms with Crippen molar-refractivity contribution < 1.29 is 14.3 Å². The molecule has 0 saturated heterocycles. The fourth-order valence-electron chi connectivity index (χ4n) is 1.08. The summed E-state index contributed by atoms with van der Waals surface area (Å²) in [6, 6.07) is 0. The molecular weight excluding hydrogens is 146 g/mol. The van der Waals surface area contributed by atoms with Crippen LogP contribution in [0, 0.1) is 0 Å². The molecule has 4 nitrogen and oxygen atoms in total. The molecule has 0 radical (unpaired) electrons. The van der Waals surface area contributed by atoms with Crippen LogP contribution in [0.1, 0.15) is 19.3 Å². The number of ether oxygens (including phenoxy) is 1. The van der Waals surface area contributed by atoms with E-state index in [-0.39, 0.29) is 0 Å². The summed E-state index contributed by atoms with van der Waals surface area (Å²) in [4.78, 5) is 21.2. The van der Waals surface area contributed by atoms with E-state index >= 15 is 0 Å². The Kier molecular flexibility index (Phi) is 2.12. The zero-order chi connectivity index (χ0) is 8.32. The lowest BCUT2D eigenvalue weighted by atomic mass is 9.78. The van der Waals surface area contributed by atoms with E-state index in [1.54, 1.807) is 0 Å². The highest BCUT2D eigenvalue weighted by Crippen LogP contribution is 2.29. The summed E-state index contributed by atoms with van der Waals surface area (Å²) in [5.41, 5.74) is -0.618. The third-order valence-electron chi connectivity index (χ3n) is 2.01. The molecule has 1 rings (SSSR count). The number of carbonyl (C=O) groups is 2. The van der Waals surface area contributed by atoms with Crippen LogP contribution in [0.5, 0.6) is 0 Å². The molecule has 11 heavy (non-hydrogen) atoms. The summed E-state index contributed by atoms with van der Waals surface area (Å²) < 4.78 is 4.37. The Hall–Kier alpha value is -1.06. The largest absolute Gasteiger partial charge is 0.453 e. The molecular formula is C7H11NO3. The molecule has 1 fully saturated rings. The van der Waals surface area contributed by atoms with E-state index in [0.29, 0.717) is 0 Å². The SMILES string of the molecule is COC(=O)NC1(C=O)CCC1. The van der Waals surface area contributed by atoms with E-state index in [1.807, 2.05) is 0 Å². The predicted octanol–water partition coefficient (Wildman–Crippen LogP) is 0.464. The third kappa shape index (κ3) is 1.50. The van der Waals surface area contributed by atoms with Gasteiger partial charge in [0.25, 0.3) is 0 Å². The van der Waals surface area contributed by atoms with Crippen molar-refractivity contribution >= 4 is 12.4 Å². The van der Waals surface area contributed by atoms with Crippen LogP contribution in [-0.4, -0.2) is 25.0 Å². The van der Waals surface area contributed by atoms with Gasteiger partial charge in [-0.3, -0.25) is 0 Å². The van der Waals surface area contributed by atoms with Crippen molar-refractivity contribution in [2.75, 3.05) is 7.11 Å². The van der Waals surface area contributed by atoms with Gasteiger partial charge < -0.3 is 14.8 Å². The highest BCUT2D eigenvalue weighted by molar-refractivity contribution is 5.77. The quantitative estimate of drug-likeness (QED) is 0.592. The Bertz CT molecular complexity index is 175. The molecule has 0 aromatic heterocycles. The molecule has 1 N–H and O–H groups in total. The van der Waals surface area contributed by atoms with Gasteiger partial charge in [-0.2, -0.15) is 0 Å². The summed E-state index contributed by atoms with van der Waals surface area (Å²) >= 11 is 0. The standard InChI is InChI=1S/C7H11NO3/c1-11-6(10)8-7(5-9)3-2-4-7/h5H,2-4H2,1H3,(H,8,10). The van der Waals surface area contributed by atoms with Crippen molar-refractivity contribution in [3.63, 3.8) is 0 Å². The van der Waals surface area contributed by atoms with Gasteiger partial charge in [-0.05, 0) is 19.3 Å². The highest BCUT2D eigenvalue weighted by Gasteiger charge is 2.38. The lowest BCUT2D eigenvalue weighted by Crippen LogP contribution is -2.54. The van der Waals surface area contributed by atoms with E-state index in [2.05, 4.69) is 10.1 Å². The van der Waals surface area contributed by atoms with Gasteiger partial charge in [0, 0.05) is 0 Å². The van der Waals surface area contributed by atoms with Crippen LogP contribution in [0.3, 0.4) is 0 Å². The van der Waals surface area contributed by atoms with Crippen LogP contribution in [0.4, 0.5) is 4.79 Å². The van der Waals surface area contributed by atoms with Gasteiger partial charge >= 0.3 is 6.09 Å². The molecule has 1 saturated carbocycles. The highest BCUT2D eigenvalue weighted by atomic mass is 16.5. The van der Waals surface area contributed by atoms with Gasteiger partial charge in [-0.15, -0.1) is 0 Å². The minimum Gasteiger partial charge on any atom is -0.453 e. The lowest BCUT2D eigenvalue weighted by Gasteiger charge is -2.36. The number of amides is 1. The Morgan fingerprint density at radius 2 is 2.27 bits per heavy atom. The van der Waals surface area contributed by atoms with Gasteiger partial charge in [0.1, 0.15) is 6.29 Å². The first kappa shape index (κ1) is 8.04. The van der Waals surface area contributed by atoms with Gasteiger partial charge in [0.05, 0.1) is 12.6 Å². The van der Waals surface area contributed by atoms with Crippen LogP contribution < -0.4 is 5.32 Å². The van der Waals surface area contributed by atoms with Crippen LogP contribution >= 0.6 is 0 Å². The minimum atomic E-state index is -0.618. The lowest BCUT2D eigenvalue weighted by molar-refractivity contribution is -0.116. The molecule has 4 heteroatoms. The van der Waals surface area contributed by atoms with Gasteiger partial charge in [0.2, 0.25) is 0 Å². The molecule has 0 aromatic carbocycles. The fraction of sp³-hybridized carbons (Fsp3) is 0.714. The molecule has 0 atom stereocenters. The summed E-state index contributed by atoms with van der Waals surface area (Å²) in [5.74, 6) is 0. The van der Waals surface area contributed by atoms with Crippen molar-refractivity contribution in [2.24, 2.45) is 0 Å². The average Bonchev–Trinajstić information content (AvgIpc) is 1.96. The van der Waals surface area contributed by atoms with E-state index in [9.17, 15) is 9.59 Å². The maximum atomic E-state index is 10.7. The predicted molar refractivity (Wildman–Crippen MR) is 38.2 cm³/mol. The number of rotatable bonds is 2. The Morgan fingerprint density at radius 1 is 1.64 bits per heavy atom. The molecule has 1 amide bonds. The molecule has 0 unspecified atom stereocenters. The van der Waals surface area contributed by atoms with Crippen LogP contribution in [-0.2, 0) is 9.53 Å². The number of nitrogens with one attached hydrogen (secondary N) is 1. The first-order chi connectivity index (χ1) is 5.22. The maximum absolute atomic E-state index is 10.7. The molecule has 62 valence electrons. The Morgan fingerprint density at radius 3 is 2.55 bits per heavy atom. The number of alkyl carbamates (subject to hydrolysis) is 1. The Balaban J connectivity index is 2.44. The van der Waals surface area contributed by atoms with Crippen LogP contribution in [0.15, 0.2) is 0 Å². The second kappa shape index (κ2) is 2.90. The van der Waals surface area contributed by atoms with Gasteiger partial charge in [0.15, 0.2) is 0 Å². The normalized spacial score (nSPS) is 19.7. The van der Waals surface area contributed by atoms with Crippen molar-refractivity contribution in [3.8, 4) is 0 Å². The first-order valence-corrected chi connectivity index (χ1v) is 3.55. The minimum absolute atomic E-state index is 0.531. The molecule has 0 aromatic rings. The summed E-state index contributed by atoms with van der Waals surface area (Å²) in [6.07, 6.45) is 2.70. The molecule has 1 aliphatic carbocycles. The van der Waals surface area contributed by atoms with E-state index in [0.717, 1.165) is 25.5 Å². The number of hydrogen-bond donors (Lipinski definition) is 1. The number of carbonyl (C=O) groups excluding carboxylic acids is 2. The Labute approximate surface area is 64.9 Å². The average molecular weight is 157 g/mol. The second-order valence-corrected chi connectivity index (χ2v) is 2.74. The summed E-state index contributed by atoms with van der Waals surface area (Å²) in [6.45, 7) is 0. The van der Waals surface area contributed by atoms with E-state index in [4.69, 9.17) is 0 Å². The number of methoxy groups -OCH3 is 1. The smallest absolute Gasteiger partial charge is 0.407 e. The summed E-state index contributed by atoms with van der Waals surface area (Å²) in [7, 11) is 1.28. The zero-order valence-corrected chi connectivity index (χ0v) is 6.42. The molecule has 1 aliphatic rings. The van der Waals surface area contributed by atoms with Crippen molar-refractivity contribution in [2.45, 2.75) is 24.8 Å². The molecule has 0 heterocycles. The molecule has 0 bridgehead atoms. The van der Waals surface area contributed by atoms with Crippen molar-refractivity contribution in [1.29, 1.82) is 0 Å². The van der Waals surface area contributed by atoms with E-state index < -0.39 is 11.6 Å². The van der Waals surface area contributed by atoms with Crippen molar-refractivity contribution in [1.82, 2.24) is 5.32 Å². The fourth-order valence-corrected chi connectivity index (χ4v) is 1.08. The van der Waals surface area contributed by atoms with Gasteiger partial charge in [-0.1, -0.05) is 0 Å². The monoisotopic (exact) mass is 157 g/mol. The second-order valence-electron chi connectivity index (χ2n) is 2.74.